The number of phenolic OH excluding ortho intramolecular Hbond substituents is 2. The molecule has 1 aliphatic rings. The molecule has 0 radical (unpaired) electrons. The lowest BCUT2D eigenvalue weighted by molar-refractivity contribution is 0.250. The number of hydrogen-bond donors (Lipinski definition) is 3. The summed E-state index contributed by atoms with van der Waals surface area (Å²) in [6.07, 6.45) is 5.47. The van der Waals surface area contributed by atoms with Crippen molar-refractivity contribution in [3.63, 3.8) is 0 Å². The number of piperazine rings is 1. The number of phenols is 2. The molecule has 8 nitrogen and oxygen atoms in total. The van der Waals surface area contributed by atoms with Crippen LogP contribution in [0, 0.1) is 0 Å². The second-order valence-corrected chi connectivity index (χ2v) is 8.24. The highest BCUT2D eigenvalue weighted by Crippen LogP contribution is 2.40. The summed E-state index contributed by atoms with van der Waals surface area (Å²) in [7, 11) is 0. The molecule has 1 fully saturated rings. The van der Waals surface area contributed by atoms with E-state index in [0.717, 1.165) is 44.1 Å². The zero-order valence-electron chi connectivity index (χ0n) is 17.3. The van der Waals surface area contributed by atoms with E-state index in [1.165, 1.54) is 11.6 Å². The fourth-order valence-electron chi connectivity index (χ4n) is 4.05. The number of aromatic nitrogens is 4. The summed E-state index contributed by atoms with van der Waals surface area (Å²) in [4.78, 5) is 4.67. The van der Waals surface area contributed by atoms with Crippen LogP contribution in [0.2, 0.25) is 5.02 Å². The number of rotatable bonds is 5. The van der Waals surface area contributed by atoms with Gasteiger partial charge >= 0.3 is 0 Å². The van der Waals surface area contributed by atoms with Gasteiger partial charge in [0.2, 0.25) is 0 Å². The Labute approximate surface area is 190 Å². The summed E-state index contributed by atoms with van der Waals surface area (Å²) in [6, 6.07) is 13.2. The van der Waals surface area contributed by atoms with Crippen molar-refractivity contribution in [2.24, 2.45) is 0 Å². The maximum atomic E-state index is 10.3. The van der Waals surface area contributed by atoms with Crippen molar-refractivity contribution in [1.82, 2.24) is 24.9 Å². The molecule has 0 saturated carbocycles. The highest BCUT2D eigenvalue weighted by molar-refractivity contribution is 6.32. The van der Waals surface area contributed by atoms with Crippen LogP contribution in [0.15, 0.2) is 61.1 Å². The van der Waals surface area contributed by atoms with Gasteiger partial charge in [-0.3, -0.25) is 10.00 Å². The standard InChI is InChI=1S/C23H23ClN6O2/c24-19-12-18(21(31)13-22(19)32)23-20(14-25-27-23)29-10-8-28(9-11-29)15-16-2-4-17(5-3-16)30-7-1-6-26-30/h1-7,12-14,31-32H,8-11,15H2,(H,25,27). The van der Waals surface area contributed by atoms with Crippen molar-refractivity contribution in [1.29, 1.82) is 0 Å². The Bertz CT molecular complexity index is 1200. The average Bonchev–Trinajstić information content (AvgIpc) is 3.50. The van der Waals surface area contributed by atoms with Gasteiger partial charge in [0, 0.05) is 56.7 Å². The molecule has 1 saturated heterocycles. The zero-order chi connectivity index (χ0) is 22.1. The fraction of sp³-hybridized carbons (Fsp3) is 0.217. The quantitative estimate of drug-likeness (QED) is 0.429. The Morgan fingerprint density at radius 1 is 1.00 bits per heavy atom. The maximum absolute atomic E-state index is 10.3. The summed E-state index contributed by atoms with van der Waals surface area (Å²) >= 11 is 6.06. The van der Waals surface area contributed by atoms with E-state index in [0.29, 0.717) is 11.3 Å². The number of anilines is 1. The van der Waals surface area contributed by atoms with Crippen LogP contribution < -0.4 is 4.90 Å². The molecule has 2 aromatic heterocycles. The molecule has 1 aliphatic heterocycles. The van der Waals surface area contributed by atoms with Crippen LogP contribution >= 0.6 is 11.6 Å². The van der Waals surface area contributed by atoms with Gasteiger partial charge in [-0.15, -0.1) is 0 Å². The number of hydrogen-bond acceptors (Lipinski definition) is 6. The molecule has 164 valence electrons. The van der Waals surface area contributed by atoms with E-state index in [2.05, 4.69) is 49.4 Å². The Kier molecular flexibility index (Phi) is 5.46. The predicted octanol–water partition coefficient (Wildman–Crippen LogP) is 3.65. The average molecular weight is 451 g/mol. The van der Waals surface area contributed by atoms with Gasteiger partial charge in [0.05, 0.1) is 28.3 Å². The molecule has 0 aliphatic carbocycles. The van der Waals surface area contributed by atoms with E-state index in [1.54, 1.807) is 18.5 Å². The van der Waals surface area contributed by atoms with Gasteiger partial charge in [0.25, 0.3) is 0 Å². The first-order valence-electron chi connectivity index (χ1n) is 10.4. The Balaban J connectivity index is 1.24. The van der Waals surface area contributed by atoms with E-state index >= 15 is 0 Å². The van der Waals surface area contributed by atoms with Crippen molar-refractivity contribution in [3.8, 4) is 28.4 Å². The van der Waals surface area contributed by atoms with Crippen LogP contribution in [0.5, 0.6) is 11.5 Å². The SMILES string of the molecule is Oc1cc(O)c(-c2[nH]ncc2N2CCN(Cc3ccc(-n4cccn4)cc3)CC2)cc1Cl. The van der Waals surface area contributed by atoms with Gasteiger partial charge in [0.1, 0.15) is 11.5 Å². The second kappa shape index (κ2) is 8.57. The van der Waals surface area contributed by atoms with Crippen LogP contribution in [0.3, 0.4) is 0 Å². The number of aromatic amines is 1. The van der Waals surface area contributed by atoms with Crippen molar-refractivity contribution in [3.05, 3.63) is 71.6 Å². The number of halogens is 1. The third-order valence-electron chi connectivity index (χ3n) is 5.78. The lowest BCUT2D eigenvalue weighted by atomic mass is 10.1. The lowest BCUT2D eigenvalue weighted by Crippen LogP contribution is -2.46. The molecule has 4 aromatic rings. The Morgan fingerprint density at radius 3 is 2.50 bits per heavy atom. The van der Waals surface area contributed by atoms with E-state index in [9.17, 15) is 10.2 Å². The molecular weight excluding hydrogens is 428 g/mol. The van der Waals surface area contributed by atoms with Crippen molar-refractivity contribution < 1.29 is 10.2 Å². The molecule has 0 spiro atoms. The fourth-order valence-corrected chi connectivity index (χ4v) is 4.21. The van der Waals surface area contributed by atoms with E-state index < -0.39 is 0 Å². The second-order valence-electron chi connectivity index (χ2n) is 7.83. The van der Waals surface area contributed by atoms with Crippen LogP contribution in [0.1, 0.15) is 5.56 Å². The number of H-pyrrole nitrogens is 1. The smallest absolute Gasteiger partial charge is 0.137 e. The van der Waals surface area contributed by atoms with Crippen molar-refractivity contribution in [2.75, 3.05) is 31.1 Å². The number of benzene rings is 2. The monoisotopic (exact) mass is 450 g/mol. The van der Waals surface area contributed by atoms with Gasteiger partial charge < -0.3 is 15.1 Å². The van der Waals surface area contributed by atoms with Gasteiger partial charge in [-0.25, -0.2) is 4.68 Å². The van der Waals surface area contributed by atoms with Crippen molar-refractivity contribution >= 4 is 17.3 Å². The summed E-state index contributed by atoms with van der Waals surface area (Å²) in [5.41, 5.74) is 4.42. The third-order valence-corrected chi connectivity index (χ3v) is 6.08. The van der Waals surface area contributed by atoms with Crippen LogP contribution in [0.4, 0.5) is 5.69 Å². The van der Waals surface area contributed by atoms with E-state index in [4.69, 9.17) is 11.6 Å². The molecule has 0 unspecified atom stereocenters. The number of nitrogens with zero attached hydrogens (tertiary/aromatic N) is 5. The minimum absolute atomic E-state index is 0.0467. The Morgan fingerprint density at radius 2 is 1.78 bits per heavy atom. The molecule has 3 N–H and O–H groups in total. The van der Waals surface area contributed by atoms with Crippen LogP contribution in [-0.2, 0) is 6.54 Å². The predicted molar refractivity (Wildman–Crippen MR) is 123 cm³/mol. The molecule has 2 aromatic carbocycles. The van der Waals surface area contributed by atoms with Crippen LogP contribution in [0.25, 0.3) is 16.9 Å². The molecular formula is C23H23ClN6O2. The highest BCUT2D eigenvalue weighted by Gasteiger charge is 2.23. The minimum atomic E-state index is -0.153. The number of nitrogens with one attached hydrogen (secondary N) is 1. The molecule has 0 bridgehead atoms. The zero-order valence-corrected chi connectivity index (χ0v) is 18.1. The summed E-state index contributed by atoms with van der Waals surface area (Å²) in [5, 5.41) is 31.6. The number of aromatic hydroxyl groups is 2. The first-order chi connectivity index (χ1) is 15.6. The molecule has 32 heavy (non-hydrogen) atoms. The third kappa shape index (κ3) is 4.02. The Hall–Kier alpha value is -3.49. The molecule has 0 amide bonds. The summed E-state index contributed by atoms with van der Waals surface area (Å²) in [5.74, 6) is -0.199. The van der Waals surface area contributed by atoms with Gasteiger partial charge in [-0.05, 0) is 29.8 Å². The minimum Gasteiger partial charge on any atom is -0.507 e. The van der Waals surface area contributed by atoms with Crippen molar-refractivity contribution in [2.45, 2.75) is 6.54 Å². The van der Waals surface area contributed by atoms with E-state index in [1.807, 2.05) is 16.9 Å². The molecule has 0 atom stereocenters. The largest absolute Gasteiger partial charge is 0.507 e. The topological polar surface area (TPSA) is 93.4 Å². The van der Waals surface area contributed by atoms with Gasteiger partial charge in [-0.2, -0.15) is 10.2 Å². The summed E-state index contributed by atoms with van der Waals surface area (Å²) < 4.78 is 1.85. The normalized spacial score (nSPS) is 14.7. The first-order valence-corrected chi connectivity index (χ1v) is 10.8. The molecule has 5 rings (SSSR count). The van der Waals surface area contributed by atoms with Crippen LogP contribution in [-0.4, -0.2) is 61.3 Å². The van der Waals surface area contributed by atoms with Gasteiger partial charge in [-0.1, -0.05) is 23.7 Å². The lowest BCUT2D eigenvalue weighted by Gasteiger charge is -2.36. The molecule has 3 heterocycles. The first kappa shape index (κ1) is 20.4. The van der Waals surface area contributed by atoms with E-state index in [-0.39, 0.29) is 16.5 Å². The maximum Gasteiger partial charge on any atom is 0.137 e. The molecule has 9 heteroatoms. The highest BCUT2D eigenvalue weighted by atomic mass is 35.5. The van der Waals surface area contributed by atoms with Gasteiger partial charge in [0.15, 0.2) is 0 Å². The summed E-state index contributed by atoms with van der Waals surface area (Å²) in [6.45, 7) is 4.39.